The molecule has 36 heavy (non-hydrogen) atoms. The first-order chi connectivity index (χ1) is 17.2. The predicted octanol–water partition coefficient (Wildman–Crippen LogP) is 2.50. The van der Waals surface area contributed by atoms with Crippen molar-refractivity contribution in [2.45, 2.75) is 24.4 Å². The van der Waals surface area contributed by atoms with Crippen molar-refractivity contribution in [3.8, 4) is 0 Å². The van der Waals surface area contributed by atoms with Crippen molar-refractivity contribution in [1.82, 2.24) is 14.2 Å². The van der Waals surface area contributed by atoms with E-state index in [1.807, 2.05) is 30.3 Å². The van der Waals surface area contributed by atoms with Gasteiger partial charge >= 0.3 is 0 Å². The standard InChI is InChI=1S/C25H26F2N4O4S/c1-15-10-18(8-9-19(15)26)28-24(33)23-21(27)20(13-30(23)2)36(35)29-22-17(14-32)12-31(25(22)34)11-16-6-4-3-5-7-16/h3-10,13,17,22,29,32H,11-12,14H2,1-2H3,(H,28,33). The van der Waals surface area contributed by atoms with Crippen LogP contribution in [0.25, 0.3) is 0 Å². The van der Waals surface area contributed by atoms with E-state index in [1.54, 1.807) is 4.90 Å². The van der Waals surface area contributed by atoms with Crippen LogP contribution in [0.4, 0.5) is 14.5 Å². The number of nitrogens with zero attached hydrogens (tertiary/aromatic N) is 2. The Morgan fingerprint density at radius 3 is 2.58 bits per heavy atom. The molecule has 0 bridgehead atoms. The SMILES string of the molecule is Cc1cc(NC(=O)c2c(F)c(S(=O)NC3C(=O)N(Cc4ccccc4)CC3CO)cn2C)ccc1F. The van der Waals surface area contributed by atoms with Gasteiger partial charge in [-0.1, -0.05) is 30.3 Å². The molecular weight excluding hydrogens is 490 g/mol. The van der Waals surface area contributed by atoms with Gasteiger partial charge in [0, 0.05) is 44.5 Å². The van der Waals surface area contributed by atoms with E-state index >= 15 is 4.39 Å². The Balaban J connectivity index is 1.49. The van der Waals surface area contributed by atoms with Crippen LogP contribution in [0, 0.1) is 24.5 Å². The van der Waals surface area contributed by atoms with E-state index in [4.69, 9.17) is 0 Å². The number of anilines is 1. The third-order valence-corrected chi connectivity index (χ3v) is 7.26. The maximum atomic E-state index is 15.2. The summed E-state index contributed by atoms with van der Waals surface area (Å²) < 4.78 is 45.6. The van der Waals surface area contributed by atoms with Crippen molar-refractivity contribution in [1.29, 1.82) is 0 Å². The van der Waals surface area contributed by atoms with Gasteiger partial charge in [0.2, 0.25) is 5.91 Å². The van der Waals surface area contributed by atoms with E-state index < -0.39 is 40.5 Å². The fraction of sp³-hybridized carbons (Fsp3) is 0.280. The summed E-state index contributed by atoms with van der Waals surface area (Å²) in [4.78, 5) is 27.0. The Hall–Kier alpha value is -3.41. The fourth-order valence-electron chi connectivity index (χ4n) is 4.18. The molecule has 3 aromatic rings. The largest absolute Gasteiger partial charge is 0.396 e. The molecule has 11 heteroatoms. The first-order valence-corrected chi connectivity index (χ1v) is 12.4. The highest BCUT2D eigenvalue weighted by Crippen LogP contribution is 2.24. The van der Waals surface area contributed by atoms with E-state index in [-0.39, 0.29) is 35.3 Å². The molecule has 190 valence electrons. The van der Waals surface area contributed by atoms with Crippen LogP contribution >= 0.6 is 0 Å². The molecule has 0 saturated carbocycles. The lowest BCUT2D eigenvalue weighted by Gasteiger charge is -2.17. The van der Waals surface area contributed by atoms with Gasteiger partial charge in [-0.3, -0.25) is 9.59 Å². The number of aryl methyl sites for hydroxylation is 2. The predicted molar refractivity (Wildman–Crippen MR) is 130 cm³/mol. The molecule has 3 unspecified atom stereocenters. The monoisotopic (exact) mass is 516 g/mol. The lowest BCUT2D eigenvalue weighted by molar-refractivity contribution is -0.129. The van der Waals surface area contributed by atoms with Crippen LogP contribution in [0.15, 0.2) is 59.6 Å². The molecule has 1 fully saturated rings. The molecule has 2 amide bonds. The number of nitrogens with one attached hydrogen (secondary N) is 2. The number of halogens is 2. The highest BCUT2D eigenvalue weighted by molar-refractivity contribution is 7.83. The summed E-state index contributed by atoms with van der Waals surface area (Å²) in [5.74, 6) is -3.14. The summed E-state index contributed by atoms with van der Waals surface area (Å²) in [6.07, 6.45) is 1.21. The number of amides is 2. The highest BCUT2D eigenvalue weighted by atomic mass is 32.2. The normalized spacial score (nSPS) is 18.5. The molecule has 4 rings (SSSR count). The first kappa shape index (κ1) is 25.7. The van der Waals surface area contributed by atoms with Crippen LogP contribution in [0.3, 0.4) is 0 Å². The minimum Gasteiger partial charge on any atom is -0.396 e. The van der Waals surface area contributed by atoms with Gasteiger partial charge in [0.15, 0.2) is 5.82 Å². The Morgan fingerprint density at radius 1 is 1.19 bits per heavy atom. The average Bonchev–Trinajstić information content (AvgIpc) is 3.32. The van der Waals surface area contributed by atoms with Crippen molar-refractivity contribution in [3.63, 3.8) is 0 Å². The summed E-state index contributed by atoms with van der Waals surface area (Å²) in [6.45, 7) is 1.79. The van der Waals surface area contributed by atoms with E-state index in [1.165, 1.54) is 42.9 Å². The zero-order valence-electron chi connectivity index (χ0n) is 19.7. The minimum absolute atomic E-state index is 0.251. The summed E-state index contributed by atoms with van der Waals surface area (Å²) in [6, 6.07) is 12.3. The third kappa shape index (κ3) is 5.23. The Kier molecular flexibility index (Phi) is 7.62. The smallest absolute Gasteiger partial charge is 0.275 e. The van der Waals surface area contributed by atoms with Crippen LogP contribution in [0.1, 0.15) is 21.6 Å². The van der Waals surface area contributed by atoms with Crippen molar-refractivity contribution < 1.29 is 27.7 Å². The van der Waals surface area contributed by atoms with Gasteiger partial charge in [0.05, 0.1) is 0 Å². The lowest BCUT2D eigenvalue weighted by Crippen LogP contribution is -2.42. The first-order valence-electron chi connectivity index (χ1n) is 11.2. The Labute approximate surface area is 209 Å². The van der Waals surface area contributed by atoms with Crippen LogP contribution in [-0.4, -0.2) is 49.8 Å². The van der Waals surface area contributed by atoms with Gasteiger partial charge < -0.3 is 19.9 Å². The van der Waals surface area contributed by atoms with Crippen LogP contribution < -0.4 is 10.0 Å². The van der Waals surface area contributed by atoms with E-state index in [2.05, 4.69) is 10.0 Å². The second-order valence-electron chi connectivity index (χ2n) is 8.70. The molecule has 0 spiro atoms. The van der Waals surface area contributed by atoms with E-state index in [9.17, 15) is 23.3 Å². The number of benzene rings is 2. The van der Waals surface area contributed by atoms with E-state index in [0.717, 1.165) is 5.56 Å². The second-order valence-corrected chi connectivity index (χ2v) is 9.91. The maximum Gasteiger partial charge on any atom is 0.275 e. The number of rotatable bonds is 8. The van der Waals surface area contributed by atoms with E-state index in [0.29, 0.717) is 12.1 Å². The van der Waals surface area contributed by atoms with Gasteiger partial charge in [-0.2, -0.15) is 0 Å². The third-order valence-electron chi connectivity index (χ3n) is 6.11. The Morgan fingerprint density at radius 2 is 1.92 bits per heavy atom. The molecular formula is C25H26F2N4O4S. The van der Waals surface area contributed by atoms with Crippen molar-refractivity contribution in [3.05, 3.63) is 83.2 Å². The number of aromatic nitrogens is 1. The number of hydrogen-bond acceptors (Lipinski definition) is 4. The number of aliphatic hydroxyl groups excluding tert-OH is 1. The fourth-order valence-corrected chi connectivity index (χ4v) is 5.35. The highest BCUT2D eigenvalue weighted by Gasteiger charge is 2.41. The van der Waals surface area contributed by atoms with Crippen molar-refractivity contribution in [2.24, 2.45) is 13.0 Å². The van der Waals surface area contributed by atoms with Gasteiger partial charge in [0.1, 0.15) is 33.4 Å². The van der Waals surface area contributed by atoms with Gasteiger partial charge in [-0.05, 0) is 36.2 Å². The zero-order valence-corrected chi connectivity index (χ0v) is 20.5. The second kappa shape index (κ2) is 10.7. The number of carbonyl (C=O) groups is 2. The zero-order chi connectivity index (χ0) is 26.0. The minimum atomic E-state index is -2.18. The summed E-state index contributed by atoms with van der Waals surface area (Å²) in [7, 11) is -0.758. The number of likely N-dealkylation sites (tertiary alicyclic amines) is 1. The van der Waals surface area contributed by atoms with Crippen molar-refractivity contribution in [2.75, 3.05) is 18.5 Å². The number of carbonyl (C=O) groups excluding carboxylic acids is 2. The molecule has 1 aromatic heterocycles. The average molecular weight is 517 g/mol. The summed E-state index contributed by atoms with van der Waals surface area (Å²) in [5.41, 5.74) is 1.13. The number of aliphatic hydroxyl groups is 1. The molecule has 2 heterocycles. The maximum absolute atomic E-state index is 15.2. The van der Waals surface area contributed by atoms with Crippen LogP contribution in [0.5, 0.6) is 0 Å². The molecule has 1 aliphatic heterocycles. The molecule has 1 saturated heterocycles. The number of hydrogen-bond donors (Lipinski definition) is 3. The van der Waals surface area contributed by atoms with Gasteiger partial charge in [-0.15, -0.1) is 0 Å². The molecule has 3 N–H and O–H groups in total. The molecule has 0 aliphatic carbocycles. The Bertz CT molecular complexity index is 1310. The summed E-state index contributed by atoms with van der Waals surface area (Å²) >= 11 is 0. The quantitative estimate of drug-likeness (QED) is 0.428. The van der Waals surface area contributed by atoms with Crippen LogP contribution in [-0.2, 0) is 29.4 Å². The topological polar surface area (TPSA) is 104 Å². The van der Waals surface area contributed by atoms with Gasteiger partial charge in [0.25, 0.3) is 5.91 Å². The van der Waals surface area contributed by atoms with Crippen LogP contribution in [0.2, 0.25) is 0 Å². The molecule has 2 aromatic carbocycles. The molecule has 0 radical (unpaired) electrons. The van der Waals surface area contributed by atoms with Gasteiger partial charge in [-0.25, -0.2) is 17.7 Å². The van der Waals surface area contributed by atoms with Crippen molar-refractivity contribution >= 4 is 28.5 Å². The molecule has 3 atom stereocenters. The molecule has 8 nitrogen and oxygen atoms in total. The lowest BCUT2D eigenvalue weighted by atomic mass is 10.1. The molecule has 1 aliphatic rings. The summed E-state index contributed by atoms with van der Waals surface area (Å²) in [5, 5.41) is 12.3.